The van der Waals surface area contributed by atoms with Crippen molar-refractivity contribution < 1.29 is 9.47 Å². The van der Waals surface area contributed by atoms with Crippen molar-refractivity contribution in [1.29, 1.82) is 0 Å². The van der Waals surface area contributed by atoms with Crippen LogP contribution in [0.2, 0.25) is 0 Å². The second-order valence-corrected chi connectivity index (χ2v) is 7.80. The summed E-state index contributed by atoms with van der Waals surface area (Å²) in [6.07, 6.45) is 3.81. The van der Waals surface area contributed by atoms with Crippen LogP contribution in [0.5, 0.6) is 0 Å². The van der Waals surface area contributed by atoms with E-state index in [1.165, 1.54) is 5.56 Å². The summed E-state index contributed by atoms with van der Waals surface area (Å²) in [7, 11) is 1.70. The first-order valence-corrected chi connectivity index (χ1v) is 10.9. The minimum Gasteiger partial charge on any atom is -0.378 e. The number of anilines is 2. The molecule has 2 unspecified atom stereocenters. The highest BCUT2D eigenvalue weighted by molar-refractivity contribution is 5.54. The van der Waals surface area contributed by atoms with Crippen LogP contribution in [0.25, 0.3) is 0 Å². The van der Waals surface area contributed by atoms with E-state index in [0.717, 1.165) is 30.3 Å². The monoisotopic (exact) mass is 429 g/mol. The van der Waals surface area contributed by atoms with E-state index >= 15 is 0 Å². The number of hydrazine groups is 1. The zero-order valence-electron chi connectivity index (χ0n) is 18.1. The van der Waals surface area contributed by atoms with Crippen LogP contribution in [0.1, 0.15) is 29.1 Å². The molecule has 7 heteroatoms. The van der Waals surface area contributed by atoms with E-state index in [2.05, 4.69) is 40.7 Å². The SMILES string of the molecule is COC(c1ccccc1)c1nc(N2CCOCC2)cc(N2C=CC(c3ccccc3)N2)n1. The van der Waals surface area contributed by atoms with Crippen molar-refractivity contribution in [2.24, 2.45) is 0 Å². The highest BCUT2D eigenvalue weighted by Gasteiger charge is 2.25. The smallest absolute Gasteiger partial charge is 0.166 e. The lowest BCUT2D eigenvalue weighted by atomic mass is 10.1. The highest BCUT2D eigenvalue weighted by Crippen LogP contribution is 2.30. The Bertz CT molecular complexity index is 1050. The van der Waals surface area contributed by atoms with Gasteiger partial charge in [-0.15, -0.1) is 0 Å². The van der Waals surface area contributed by atoms with E-state index in [1.54, 1.807) is 7.11 Å². The molecule has 0 bridgehead atoms. The highest BCUT2D eigenvalue weighted by atomic mass is 16.5. The largest absolute Gasteiger partial charge is 0.378 e. The summed E-state index contributed by atoms with van der Waals surface area (Å²) in [4.78, 5) is 12.1. The molecule has 2 aromatic carbocycles. The zero-order chi connectivity index (χ0) is 21.8. The van der Waals surface area contributed by atoms with E-state index in [0.29, 0.717) is 19.0 Å². The Morgan fingerprint density at radius 3 is 2.38 bits per heavy atom. The van der Waals surface area contributed by atoms with E-state index in [4.69, 9.17) is 19.4 Å². The van der Waals surface area contributed by atoms with Gasteiger partial charge in [-0.05, 0) is 17.2 Å². The lowest BCUT2D eigenvalue weighted by Gasteiger charge is -2.29. The Morgan fingerprint density at radius 1 is 0.969 bits per heavy atom. The lowest BCUT2D eigenvalue weighted by molar-refractivity contribution is 0.121. The third-order valence-corrected chi connectivity index (χ3v) is 5.74. The first-order valence-electron chi connectivity index (χ1n) is 10.9. The van der Waals surface area contributed by atoms with Crippen LogP contribution in [0.4, 0.5) is 11.6 Å². The van der Waals surface area contributed by atoms with Crippen LogP contribution in [0, 0.1) is 0 Å². The van der Waals surface area contributed by atoms with Gasteiger partial charge in [-0.2, -0.15) is 0 Å². The maximum absolute atomic E-state index is 5.85. The van der Waals surface area contributed by atoms with Gasteiger partial charge in [0.05, 0.1) is 19.3 Å². The molecule has 1 fully saturated rings. The number of aromatic nitrogens is 2. The van der Waals surface area contributed by atoms with E-state index in [-0.39, 0.29) is 12.1 Å². The topological polar surface area (TPSA) is 62.8 Å². The number of hydrogen-bond donors (Lipinski definition) is 1. The fraction of sp³-hybridized carbons (Fsp3) is 0.280. The van der Waals surface area contributed by atoms with E-state index in [9.17, 15) is 0 Å². The molecule has 0 radical (unpaired) electrons. The predicted octanol–water partition coefficient (Wildman–Crippen LogP) is 3.63. The summed E-state index contributed by atoms with van der Waals surface area (Å²) in [5.74, 6) is 2.30. The summed E-state index contributed by atoms with van der Waals surface area (Å²) in [6, 6.07) is 22.6. The Morgan fingerprint density at radius 2 is 1.66 bits per heavy atom. The molecule has 0 aliphatic carbocycles. The van der Waals surface area contributed by atoms with Gasteiger partial charge < -0.3 is 14.4 Å². The van der Waals surface area contributed by atoms with Gasteiger partial charge in [-0.25, -0.2) is 15.4 Å². The molecule has 1 saturated heterocycles. The van der Waals surface area contributed by atoms with Crippen LogP contribution in [0.15, 0.2) is 79.0 Å². The molecule has 2 aliphatic rings. The van der Waals surface area contributed by atoms with Gasteiger partial charge in [0.1, 0.15) is 11.9 Å². The van der Waals surface area contributed by atoms with Gasteiger partial charge in [0.15, 0.2) is 11.6 Å². The van der Waals surface area contributed by atoms with E-state index < -0.39 is 0 Å². The minimum absolute atomic E-state index is 0.0915. The van der Waals surface area contributed by atoms with Crippen molar-refractivity contribution in [2.45, 2.75) is 12.1 Å². The van der Waals surface area contributed by atoms with Gasteiger partial charge in [-0.1, -0.05) is 60.7 Å². The number of benzene rings is 2. The molecule has 0 amide bonds. The van der Waals surface area contributed by atoms with Gasteiger partial charge in [-0.3, -0.25) is 5.01 Å². The van der Waals surface area contributed by atoms with Crippen molar-refractivity contribution in [3.05, 3.63) is 96.0 Å². The standard InChI is InChI=1S/C25H27N5O2/c1-31-24(20-10-6-3-7-11-20)25-26-22(29-14-16-32-17-15-29)18-23(27-25)30-13-12-21(28-30)19-8-4-2-5-9-19/h2-13,18,21,24,28H,14-17H2,1H3. The summed E-state index contributed by atoms with van der Waals surface area (Å²) in [5.41, 5.74) is 5.75. The lowest BCUT2D eigenvalue weighted by Crippen LogP contribution is -2.38. The summed E-state index contributed by atoms with van der Waals surface area (Å²) >= 11 is 0. The van der Waals surface area contributed by atoms with E-state index in [1.807, 2.05) is 53.7 Å². The second-order valence-electron chi connectivity index (χ2n) is 7.80. The number of morpholine rings is 1. The molecule has 7 nitrogen and oxygen atoms in total. The number of ether oxygens (including phenoxy) is 2. The number of nitrogens with zero attached hydrogens (tertiary/aromatic N) is 4. The molecule has 2 aliphatic heterocycles. The quantitative estimate of drug-likeness (QED) is 0.642. The average Bonchev–Trinajstić information content (AvgIpc) is 3.37. The van der Waals surface area contributed by atoms with Crippen molar-refractivity contribution >= 4 is 11.6 Å². The van der Waals surface area contributed by atoms with Crippen LogP contribution in [-0.4, -0.2) is 43.4 Å². The summed E-state index contributed by atoms with van der Waals surface area (Å²) in [5, 5.41) is 1.96. The Balaban J connectivity index is 1.49. The Kier molecular flexibility index (Phi) is 6.11. The Labute approximate surface area is 188 Å². The van der Waals surface area contributed by atoms with Gasteiger partial charge in [0.25, 0.3) is 0 Å². The molecule has 164 valence electrons. The number of methoxy groups -OCH3 is 1. The van der Waals surface area contributed by atoms with Crippen molar-refractivity contribution in [1.82, 2.24) is 15.4 Å². The van der Waals surface area contributed by atoms with Crippen molar-refractivity contribution in [2.75, 3.05) is 43.3 Å². The van der Waals surface area contributed by atoms with Gasteiger partial charge >= 0.3 is 0 Å². The number of rotatable bonds is 6. The maximum atomic E-state index is 5.85. The molecule has 0 spiro atoms. The molecule has 5 rings (SSSR count). The number of nitrogens with one attached hydrogen (secondary N) is 1. The maximum Gasteiger partial charge on any atom is 0.166 e. The second kappa shape index (κ2) is 9.48. The molecule has 3 heterocycles. The third-order valence-electron chi connectivity index (χ3n) is 5.74. The third kappa shape index (κ3) is 4.36. The Hall–Kier alpha value is -3.26. The molecule has 1 N–H and O–H groups in total. The molecule has 0 saturated carbocycles. The molecular formula is C25H27N5O2. The van der Waals surface area contributed by atoms with Gasteiger partial charge in [0.2, 0.25) is 0 Å². The van der Waals surface area contributed by atoms with Crippen molar-refractivity contribution in [3.8, 4) is 0 Å². The fourth-order valence-electron chi connectivity index (χ4n) is 4.05. The summed E-state index contributed by atoms with van der Waals surface area (Å²) in [6.45, 7) is 2.99. The van der Waals surface area contributed by atoms with Crippen LogP contribution < -0.4 is 15.3 Å². The average molecular weight is 430 g/mol. The first kappa shape index (κ1) is 20.6. The van der Waals surface area contributed by atoms with Crippen molar-refractivity contribution in [3.63, 3.8) is 0 Å². The van der Waals surface area contributed by atoms with Crippen LogP contribution in [-0.2, 0) is 9.47 Å². The van der Waals surface area contributed by atoms with Crippen LogP contribution >= 0.6 is 0 Å². The normalized spacial score (nSPS) is 19.3. The van der Waals surface area contributed by atoms with Crippen LogP contribution in [0.3, 0.4) is 0 Å². The molecule has 1 aromatic heterocycles. The zero-order valence-corrected chi connectivity index (χ0v) is 18.1. The molecular weight excluding hydrogens is 402 g/mol. The molecule has 2 atom stereocenters. The summed E-state index contributed by atoms with van der Waals surface area (Å²) < 4.78 is 11.4. The minimum atomic E-state index is -0.354. The molecule has 32 heavy (non-hydrogen) atoms. The fourth-order valence-corrected chi connectivity index (χ4v) is 4.05. The number of hydrogen-bond acceptors (Lipinski definition) is 7. The predicted molar refractivity (Wildman–Crippen MR) is 124 cm³/mol. The first-order chi connectivity index (χ1) is 15.8. The van der Waals surface area contributed by atoms with Gasteiger partial charge in [0, 0.05) is 32.5 Å². The molecule has 3 aromatic rings.